The van der Waals surface area contributed by atoms with E-state index in [1.165, 1.54) is 5.56 Å². The standard InChI is InChI=1S/C12H16BrNO2/c1-15-8-12(9-16-7-6-14-12)10-4-2-3-5-11(10)13/h2-5,14H,6-9H2,1H3. The van der Waals surface area contributed by atoms with Crippen LogP contribution in [0.1, 0.15) is 5.56 Å². The van der Waals surface area contributed by atoms with Gasteiger partial charge in [0, 0.05) is 18.1 Å². The Bertz CT molecular complexity index is 345. The molecule has 0 aliphatic carbocycles. The Morgan fingerprint density at radius 1 is 1.50 bits per heavy atom. The Balaban J connectivity index is 2.34. The molecule has 2 rings (SSSR count). The molecule has 1 heterocycles. The van der Waals surface area contributed by atoms with Crippen molar-refractivity contribution in [3.63, 3.8) is 0 Å². The fourth-order valence-corrected chi connectivity index (χ4v) is 2.76. The summed E-state index contributed by atoms with van der Waals surface area (Å²) in [6.07, 6.45) is 0. The summed E-state index contributed by atoms with van der Waals surface area (Å²) in [5.74, 6) is 0. The van der Waals surface area contributed by atoms with Crippen LogP contribution in [-0.4, -0.2) is 33.5 Å². The molecule has 1 aromatic carbocycles. The van der Waals surface area contributed by atoms with Crippen LogP contribution < -0.4 is 5.32 Å². The van der Waals surface area contributed by atoms with Crippen molar-refractivity contribution in [3.05, 3.63) is 34.3 Å². The Hall–Kier alpha value is -0.420. The molecule has 0 bridgehead atoms. The molecule has 1 fully saturated rings. The molecule has 1 atom stereocenters. The van der Waals surface area contributed by atoms with Crippen LogP contribution in [-0.2, 0) is 15.0 Å². The van der Waals surface area contributed by atoms with E-state index in [0.29, 0.717) is 13.2 Å². The van der Waals surface area contributed by atoms with Gasteiger partial charge in [-0.1, -0.05) is 34.1 Å². The predicted octanol–water partition coefficient (Wildman–Crippen LogP) is 1.91. The third-order valence-electron chi connectivity index (χ3n) is 2.84. The van der Waals surface area contributed by atoms with Crippen molar-refractivity contribution >= 4 is 15.9 Å². The second-order valence-electron chi connectivity index (χ2n) is 3.97. The van der Waals surface area contributed by atoms with E-state index >= 15 is 0 Å². The van der Waals surface area contributed by atoms with E-state index in [4.69, 9.17) is 9.47 Å². The van der Waals surface area contributed by atoms with Gasteiger partial charge in [0.1, 0.15) is 0 Å². The summed E-state index contributed by atoms with van der Waals surface area (Å²) in [4.78, 5) is 0. The monoisotopic (exact) mass is 285 g/mol. The van der Waals surface area contributed by atoms with Crippen LogP contribution in [0.3, 0.4) is 0 Å². The van der Waals surface area contributed by atoms with Crippen LogP contribution in [0.25, 0.3) is 0 Å². The molecular weight excluding hydrogens is 270 g/mol. The van der Waals surface area contributed by atoms with Crippen LogP contribution in [0, 0.1) is 0 Å². The highest BCUT2D eigenvalue weighted by molar-refractivity contribution is 9.10. The van der Waals surface area contributed by atoms with Crippen molar-refractivity contribution < 1.29 is 9.47 Å². The van der Waals surface area contributed by atoms with Gasteiger partial charge in [-0.3, -0.25) is 0 Å². The molecule has 0 spiro atoms. The minimum atomic E-state index is -0.229. The lowest BCUT2D eigenvalue weighted by Crippen LogP contribution is -2.54. The minimum absolute atomic E-state index is 0.229. The van der Waals surface area contributed by atoms with Gasteiger partial charge in [0.25, 0.3) is 0 Å². The normalized spacial score (nSPS) is 25.6. The number of halogens is 1. The lowest BCUT2D eigenvalue weighted by Gasteiger charge is -2.38. The Kier molecular flexibility index (Phi) is 3.97. The average molecular weight is 286 g/mol. The van der Waals surface area contributed by atoms with E-state index in [2.05, 4.69) is 27.3 Å². The Morgan fingerprint density at radius 2 is 2.31 bits per heavy atom. The molecule has 1 unspecified atom stereocenters. The van der Waals surface area contributed by atoms with Crippen molar-refractivity contribution in [2.24, 2.45) is 0 Å². The molecule has 0 saturated carbocycles. The molecule has 1 aliphatic rings. The first-order valence-electron chi connectivity index (χ1n) is 5.35. The first kappa shape index (κ1) is 12.0. The first-order valence-corrected chi connectivity index (χ1v) is 6.14. The lowest BCUT2D eigenvalue weighted by atomic mass is 9.90. The topological polar surface area (TPSA) is 30.5 Å². The van der Waals surface area contributed by atoms with E-state index in [9.17, 15) is 0 Å². The largest absolute Gasteiger partial charge is 0.382 e. The fraction of sp³-hybridized carbons (Fsp3) is 0.500. The van der Waals surface area contributed by atoms with Gasteiger partial charge in [0.15, 0.2) is 0 Å². The Labute approximate surface area is 104 Å². The van der Waals surface area contributed by atoms with Crippen molar-refractivity contribution in [2.75, 3.05) is 33.5 Å². The molecule has 1 N–H and O–H groups in total. The smallest absolute Gasteiger partial charge is 0.0920 e. The molecule has 0 radical (unpaired) electrons. The van der Waals surface area contributed by atoms with Crippen LogP contribution in [0.4, 0.5) is 0 Å². The summed E-state index contributed by atoms with van der Waals surface area (Å²) < 4.78 is 12.0. The van der Waals surface area contributed by atoms with Gasteiger partial charge >= 0.3 is 0 Å². The zero-order valence-corrected chi connectivity index (χ0v) is 10.9. The molecule has 0 aromatic heterocycles. The minimum Gasteiger partial charge on any atom is -0.382 e. The number of ether oxygens (including phenoxy) is 2. The molecule has 4 heteroatoms. The van der Waals surface area contributed by atoms with Crippen LogP contribution in [0.5, 0.6) is 0 Å². The summed E-state index contributed by atoms with van der Waals surface area (Å²) in [7, 11) is 1.72. The second kappa shape index (κ2) is 5.27. The van der Waals surface area contributed by atoms with E-state index in [-0.39, 0.29) is 5.54 Å². The van der Waals surface area contributed by atoms with Gasteiger partial charge < -0.3 is 14.8 Å². The van der Waals surface area contributed by atoms with Crippen LogP contribution >= 0.6 is 15.9 Å². The number of nitrogens with one attached hydrogen (secondary N) is 1. The Morgan fingerprint density at radius 3 is 2.94 bits per heavy atom. The van der Waals surface area contributed by atoms with Gasteiger partial charge in [-0.2, -0.15) is 0 Å². The summed E-state index contributed by atoms with van der Waals surface area (Å²) in [5, 5.41) is 3.51. The van der Waals surface area contributed by atoms with Crippen molar-refractivity contribution in [1.29, 1.82) is 0 Å². The second-order valence-corrected chi connectivity index (χ2v) is 4.83. The molecule has 1 aliphatic heterocycles. The van der Waals surface area contributed by atoms with Gasteiger partial charge in [-0.25, -0.2) is 0 Å². The quantitative estimate of drug-likeness (QED) is 0.920. The molecule has 3 nitrogen and oxygen atoms in total. The maximum atomic E-state index is 5.58. The number of hydrogen-bond acceptors (Lipinski definition) is 3. The summed E-state index contributed by atoms with van der Waals surface area (Å²) in [6, 6.07) is 8.19. The van der Waals surface area contributed by atoms with Crippen LogP contribution in [0.2, 0.25) is 0 Å². The summed E-state index contributed by atoms with van der Waals surface area (Å²) in [5.41, 5.74) is 0.962. The van der Waals surface area contributed by atoms with Gasteiger partial charge in [0.2, 0.25) is 0 Å². The first-order chi connectivity index (χ1) is 7.78. The molecule has 16 heavy (non-hydrogen) atoms. The van der Waals surface area contributed by atoms with Crippen molar-refractivity contribution in [1.82, 2.24) is 5.32 Å². The van der Waals surface area contributed by atoms with Gasteiger partial charge in [-0.05, 0) is 11.6 Å². The zero-order chi connectivity index (χ0) is 11.4. The fourth-order valence-electron chi connectivity index (χ4n) is 2.10. The molecule has 88 valence electrons. The summed E-state index contributed by atoms with van der Waals surface area (Å²) in [6.45, 7) is 2.86. The van der Waals surface area contributed by atoms with Gasteiger partial charge in [-0.15, -0.1) is 0 Å². The number of methoxy groups -OCH3 is 1. The van der Waals surface area contributed by atoms with Crippen molar-refractivity contribution in [2.45, 2.75) is 5.54 Å². The highest BCUT2D eigenvalue weighted by Crippen LogP contribution is 2.30. The maximum Gasteiger partial charge on any atom is 0.0920 e. The number of hydrogen-bond donors (Lipinski definition) is 1. The van der Waals surface area contributed by atoms with Crippen LogP contribution in [0.15, 0.2) is 28.7 Å². The third-order valence-corrected chi connectivity index (χ3v) is 3.53. The van der Waals surface area contributed by atoms with Crippen molar-refractivity contribution in [3.8, 4) is 0 Å². The number of morpholine rings is 1. The molecule has 1 aromatic rings. The van der Waals surface area contributed by atoms with E-state index in [1.54, 1.807) is 7.11 Å². The van der Waals surface area contributed by atoms with E-state index < -0.39 is 0 Å². The highest BCUT2D eigenvalue weighted by atomic mass is 79.9. The summed E-state index contributed by atoms with van der Waals surface area (Å²) >= 11 is 3.59. The lowest BCUT2D eigenvalue weighted by molar-refractivity contribution is -0.0150. The van der Waals surface area contributed by atoms with Gasteiger partial charge in [0.05, 0.1) is 25.4 Å². The zero-order valence-electron chi connectivity index (χ0n) is 9.33. The molecular formula is C12H16BrNO2. The number of rotatable bonds is 3. The molecule has 1 saturated heterocycles. The van der Waals surface area contributed by atoms with E-state index in [0.717, 1.165) is 17.6 Å². The predicted molar refractivity (Wildman–Crippen MR) is 66.5 cm³/mol. The average Bonchev–Trinajstić information content (AvgIpc) is 2.31. The highest BCUT2D eigenvalue weighted by Gasteiger charge is 2.35. The molecule has 0 amide bonds. The SMILES string of the molecule is COCC1(c2ccccc2Br)COCCN1. The third kappa shape index (κ3) is 2.30. The maximum absolute atomic E-state index is 5.58. The number of benzene rings is 1. The van der Waals surface area contributed by atoms with E-state index in [1.807, 2.05) is 18.2 Å².